The zero-order chi connectivity index (χ0) is 25.4. The number of nitrogens with zero attached hydrogens (tertiary/aromatic N) is 1. The van der Waals surface area contributed by atoms with Crippen molar-refractivity contribution >= 4 is 5.91 Å². The highest BCUT2D eigenvalue weighted by Gasteiger charge is 2.35. The minimum absolute atomic E-state index is 0.112. The number of benzene rings is 3. The maximum Gasteiger partial charge on any atom is 0.233 e. The van der Waals surface area contributed by atoms with Gasteiger partial charge in [0.05, 0.1) is 6.54 Å². The molecular formula is C30H35F2N3O. The number of amides is 1. The van der Waals surface area contributed by atoms with Crippen LogP contribution in [0.1, 0.15) is 48.3 Å². The van der Waals surface area contributed by atoms with Crippen molar-refractivity contribution in [2.75, 3.05) is 32.7 Å². The molecule has 1 amide bonds. The molecular weight excluding hydrogens is 456 g/mol. The van der Waals surface area contributed by atoms with E-state index in [1.54, 1.807) is 24.3 Å². The zero-order valence-corrected chi connectivity index (χ0v) is 20.6. The third-order valence-electron chi connectivity index (χ3n) is 7.50. The third-order valence-corrected chi connectivity index (χ3v) is 7.50. The summed E-state index contributed by atoms with van der Waals surface area (Å²) >= 11 is 0. The van der Waals surface area contributed by atoms with Crippen LogP contribution < -0.4 is 11.1 Å². The van der Waals surface area contributed by atoms with E-state index in [0.29, 0.717) is 18.9 Å². The summed E-state index contributed by atoms with van der Waals surface area (Å²) in [5.41, 5.74) is 8.11. The zero-order valence-electron chi connectivity index (χ0n) is 20.6. The molecule has 1 aliphatic rings. The van der Waals surface area contributed by atoms with Crippen LogP contribution in [0.4, 0.5) is 8.78 Å². The van der Waals surface area contributed by atoms with Gasteiger partial charge in [-0.15, -0.1) is 0 Å². The number of hydrogen-bond acceptors (Lipinski definition) is 3. The molecule has 1 saturated heterocycles. The Balaban J connectivity index is 1.50. The average molecular weight is 492 g/mol. The number of carbonyl (C=O) groups excluding carboxylic acids is 1. The minimum atomic E-state index is -0.630. The first-order valence-corrected chi connectivity index (χ1v) is 12.8. The molecule has 36 heavy (non-hydrogen) atoms. The van der Waals surface area contributed by atoms with Crippen molar-refractivity contribution in [2.24, 2.45) is 5.73 Å². The summed E-state index contributed by atoms with van der Waals surface area (Å²) in [6, 6.07) is 23.5. The number of likely N-dealkylation sites (tertiary alicyclic amines) is 1. The summed E-state index contributed by atoms with van der Waals surface area (Å²) < 4.78 is 27.6. The summed E-state index contributed by atoms with van der Waals surface area (Å²) in [6.07, 6.45) is 3.87. The third kappa shape index (κ3) is 6.37. The van der Waals surface area contributed by atoms with Crippen molar-refractivity contribution < 1.29 is 13.6 Å². The van der Waals surface area contributed by atoms with E-state index in [0.717, 1.165) is 50.0 Å². The molecule has 1 heterocycles. The topological polar surface area (TPSA) is 58.4 Å². The first kappa shape index (κ1) is 26.0. The van der Waals surface area contributed by atoms with Gasteiger partial charge < -0.3 is 16.0 Å². The van der Waals surface area contributed by atoms with Crippen molar-refractivity contribution in [3.63, 3.8) is 0 Å². The van der Waals surface area contributed by atoms with Crippen LogP contribution in [0.25, 0.3) is 0 Å². The molecule has 0 aliphatic carbocycles. The van der Waals surface area contributed by atoms with E-state index in [-0.39, 0.29) is 24.1 Å². The van der Waals surface area contributed by atoms with Crippen LogP contribution >= 0.6 is 0 Å². The fourth-order valence-corrected chi connectivity index (χ4v) is 5.43. The highest BCUT2D eigenvalue weighted by molar-refractivity contribution is 5.78. The van der Waals surface area contributed by atoms with Crippen LogP contribution in [0.15, 0.2) is 78.9 Å². The van der Waals surface area contributed by atoms with E-state index in [2.05, 4.69) is 40.5 Å². The number of piperidine rings is 1. The molecule has 0 saturated carbocycles. The largest absolute Gasteiger partial charge is 0.354 e. The Morgan fingerprint density at radius 3 is 1.97 bits per heavy atom. The summed E-state index contributed by atoms with van der Waals surface area (Å²) in [6.45, 7) is 3.21. The summed E-state index contributed by atoms with van der Waals surface area (Å²) in [5.74, 6) is -0.295. The van der Waals surface area contributed by atoms with Gasteiger partial charge in [-0.2, -0.15) is 0 Å². The second-order valence-corrected chi connectivity index (χ2v) is 9.71. The SMILES string of the molecule is NCC(=O)NCC(CCCN1CCC(c2ccccc2)CC1)(c1ccc(F)cc1)c1ccc(F)cc1. The van der Waals surface area contributed by atoms with Crippen LogP contribution in [-0.2, 0) is 10.2 Å². The first-order chi connectivity index (χ1) is 17.5. The van der Waals surface area contributed by atoms with E-state index >= 15 is 0 Å². The van der Waals surface area contributed by atoms with Crippen molar-refractivity contribution in [1.29, 1.82) is 0 Å². The fraction of sp³-hybridized carbons (Fsp3) is 0.367. The Morgan fingerprint density at radius 2 is 1.44 bits per heavy atom. The van der Waals surface area contributed by atoms with Crippen LogP contribution in [0.3, 0.4) is 0 Å². The summed E-state index contributed by atoms with van der Waals surface area (Å²) in [5, 5.41) is 2.95. The second kappa shape index (κ2) is 12.2. The van der Waals surface area contributed by atoms with Crippen molar-refractivity contribution in [3.05, 3.63) is 107 Å². The smallest absolute Gasteiger partial charge is 0.233 e. The van der Waals surface area contributed by atoms with Crippen LogP contribution in [-0.4, -0.2) is 43.5 Å². The van der Waals surface area contributed by atoms with E-state index in [1.165, 1.54) is 29.8 Å². The number of halogens is 2. The second-order valence-electron chi connectivity index (χ2n) is 9.71. The Hall–Kier alpha value is -3.09. The lowest BCUT2D eigenvalue weighted by molar-refractivity contribution is -0.119. The molecule has 0 unspecified atom stereocenters. The van der Waals surface area contributed by atoms with Gasteiger partial charge in [-0.3, -0.25) is 4.79 Å². The van der Waals surface area contributed by atoms with Crippen LogP contribution in [0.5, 0.6) is 0 Å². The summed E-state index contributed by atoms with van der Waals surface area (Å²) in [7, 11) is 0. The molecule has 1 fully saturated rings. The van der Waals surface area contributed by atoms with Crippen LogP contribution in [0.2, 0.25) is 0 Å². The molecule has 0 atom stereocenters. The molecule has 4 nitrogen and oxygen atoms in total. The molecule has 3 aromatic rings. The molecule has 0 radical (unpaired) electrons. The number of nitrogens with one attached hydrogen (secondary N) is 1. The van der Waals surface area contributed by atoms with Gasteiger partial charge in [0.25, 0.3) is 0 Å². The molecule has 0 bridgehead atoms. The molecule has 0 spiro atoms. The predicted octanol–water partition coefficient (Wildman–Crippen LogP) is 4.99. The summed E-state index contributed by atoms with van der Waals surface area (Å²) in [4.78, 5) is 14.6. The monoisotopic (exact) mass is 491 g/mol. The Bertz CT molecular complexity index is 1050. The Kier molecular flexibility index (Phi) is 8.83. The van der Waals surface area contributed by atoms with Gasteiger partial charge in [0.2, 0.25) is 5.91 Å². The van der Waals surface area contributed by atoms with Gasteiger partial charge in [-0.1, -0.05) is 54.6 Å². The lowest BCUT2D eigenvalue weighted by atomic mass is 9.71. The lowest BCUT2D eigenvalue weighted by Gasteiger charge is -2.37. The molecule has 0 aromatic heterocycles. The van der Waals surface area contributed by atoms with Gasteiger partial charge in [-0.25, -0.2) is 8.78 Å². The maximum atomic E-state index is 13.8. The molecule has 3 N–H and O–H groups in total. The molecule has 4 rings (SSSR count). The minimum Gasteiger partial charge on any atom is -0.354 e. The number of carbonyl (C=O) groups is 1. The predicted molar refractivity (Wildman–Crippen MR) is 140 cm³/mol. The van der Waals surface area contributed by atoms with Crippen molar-refractivity contribution in [3.8, 4) is 0 Å². The number of rotatable bonds is 10. The van der Waals surface area contributed by atoms with Gasteiger partial charge >= 0.3 is 0 Å². The first-order valence-electron chi connectivity index (χ1n) is 12.8. The van der Waals surface area contributed by atoms with Gasteiger partial charge in [-0.05, 0) is 92.2 Å². The maximum absolute atomic E-state index is 13.8. The number of hydrogen-bond donors (Lipinski definition) is 2. The van der Waals surface area contributed by atoms with E-state index < -0.39 is 5.41 Å². The van der Waals surface area contributed by atoms with E-state index in [1.807, 2.05) is 0 Å². The highest BCUT2D eigenvalue weighted by atomic mass is 19.1. The molecule has 6 heteroatoms. The number of nitrogens with two attached hydrogens (primary N) is 1. The normalized spacial score (nSPS) is 15.1. The highest BCUT2D eigenvalue weighted by Crippen LogP contribution is 2.37. The van der Waals surface area contributed by atoms with Gasteiger partial charge in [0.1, 0.15) is 11.6 Å². The van der Waals surface area contributed by atoms with Crippen molar-refractivity contribution in [1.82, 2.24) is 10.2 Å². The molecule has 1 aliphatic heterocycles. The lowest BCUT2D eigenvalue weighted by Crippen LogP contribution is -2.44. The van der Waals surface area contributed by atoms with E-state index in [4.69, 9.17) is 5.73 Å². The quantitative estimate of drug-likeness (QED) is 0.420. The standard InChI is InChI=1S/C30H35F2N3O/c31-27-11-7-25(8-12-27)30(22-34-29(36)21-33,26-9-13-28(32)14-10-26)17-4-18-35-19-15-24(16-20-35)23-5-2-1-3-6-23/h1-3,5-14,24H,4,15-22,33H2,(H,34,36). The molecule has 190 valence electrons. The van der Waals surface area contributed by atoms with E-state index in [9.17, 15) is 13.6 Å². The Morgan fingerprint density at radius 1 is 0.889 bits per heavy atom. The van der Waals surface area contributed by atoms with Gasteiger partial charge in [0.15, 0.2) is 0 Å². The average Bonchev–Trinajstić information content (AvgIpc) is 2.92. The van der Waals surface area contributed by atoms with Gasteiger partial charge in [0, 0.05) is 12.0 Å². The van der Waals surface area contributed by atoms with Crippen LogP contribution in [0, 0.1) is 11.6 Å². The Labute approximate surface area is 212 Å². The molecule has 3 aromatic carbocycles. The van der Waals surface area contributed by atoms with Crippen molar-refractivity contribution in [2.45, 2.75) is 37.0 Å². The fourth-order valence-electron chi connectivity index (χ4n) is 5.43.